The van der Waals surface area contributed by atoms with Gasteiger partial charge in [-0.3, -0.25) is 20.2 Å². The number of ether oxygens (including phenoxy) is 2. The number of halogens is 1. The van der Waals surface area contributed by atoms with Crippen LogP contribution in [0.2, 0.25) is 5.02 Å². The Morgan fingerprint density at radius 3 is 2.62 bits per heavy atom. The molecule has 34 heavy (non-hydrogen) atoms. The zero-order chi connectivity index (χ0) is 24.3. The third-order valence-electron chi connectivity index (χ3n) is 5.79. The van der Waals surface area contributed by atoms with E-state index in [2.05, 4.69) is 25.7 Å². The summed E-state index contributed by atoms with van der Waals surface area (Å²) in [6, 6.07) is 9.19. The molecule has 0 bridgehead atoms. The van der Waals surface area contributed by atoms with Gasteiger partial charge >= 0.3 is 5.69 Å². The molecule has 0 unspecified atom stereocenters. The molecule has 1 aromatic carbocycles. The van der Waals surface area contributed by atoms with Crippen LogP contribution < -0.4 is 21.4 Å². The van der Waals surface area contributed by atoms with E-state index < -0.39 is 17.2 Å². The Morgan fingerprint density at radius 2 is 1.94 bits per heavy atom. The van der Waals surface area contributed by atoms with Crippen LogP contribution in [-0.4, -0.2) is 59.5 Å². The van der Waals surface area contributed by atoms with Crippen LogP contribution in [0.3, 0.4) is 0 Å². The van der Waals surface area contributed by atoms with Crippen molar-refractivity contribution in [2.75, 3.05) is 43.7 Å². The molecule has 0 saturated carbocycles. The predicted octanol–water partition coefficient (Wildman–Crippen LogP) is 2.20. The molecule has 1 aliphatic rings. The summed E-state index contributed by atoms with van der Waals surface area (Å²) in [5.41, 5.74) is 6.56. The summed E-state index contributed by atoms with van der Waals surface area (Å²) >= 11 is 6.01. The van der Waals surface area contributed by atoms with E-state index in [0.29, 0.717) is 29.3 Å². The molecule has 3 aromatic rings. The number of hydrazine groups is 1. The van der Waals surface area contributed by atoms with E-state index in [1.165, 1.54) is 7.11 Å². The highest BCUT2D eigenvalue weighted by Crippen LogP contribution is 2.24. The average Bonchev–Trinajstić information content (AvgIpc) is 2.85. The Kier molecular flexibility index (Phi) is 7.01. The van der Waals surface area contributed by atoms with E-state index in [-0.39, 0.29) is 12.4 Å². The van der Waals surface area contributed by atoms with E-state index in [1.54, 1.807) is 36.7 Å². The van der Waals surface area contributed by atoms with Gasteiger partial charge in [-0.25, -0.2) is 9.78 Å². The van der Waals surface area contributed by atoms with Crippen LogP contribution in [0.4, 0.5) is 11.5 Å². The molecule has 0 radical (unpaired) electrons. The van der Waals surface area contributed by atoms with E-state index in [0.717, 1.165) is 24.3 Å². The monoisotopic (exact) mass is 486 g/mol. The number of anilines is 2. The first-order chi connectivity index (χ1) is 16.3. The van der Waals surface area contributed by atoms with Crippen LogP contribution in [0, 0.1) is 0 Å². The number of rotatable bonds is 7. The summed E-state index contributed by atoms with van der Waals surface area (Å²) in [4.78, 5) is 36.4. The Morgan fingerprint density at radius 1 is 1.24 bits per heavy atom. The van der Waals surface area contributed by atoms with Crippen molar-refractivity contribution >= 4 is 40.0 Å². The molecule has 11 heteroatoms. The number of benzene rings is 1. The number of amides is 1. The highest BCUT2D eigenvalue weighted by atomic mass is 35.5. The molecule has 1 amide bonds. The Hall–Kier alpha value is -3.21. The SMILES string of the molecule is COC(C)(C)C(=O)NNc1nc(=O)n(Cc2ccc(Cl)cc2)c2cc(N3CCOCC3)cnc12. The van der Waals surface area contributed by atoms with E-state index in [4.69, 9.17) is 21.1 Å². The van der Waals surface area contributed by atoms with Crippen LogP contribution >= 0.6 is 11.6 Å². The van der Waals surface area contributed by atoms with Crippen LogP contribution in [0.25, 0.3) is 11.0 Å². The van der Waals surface area contributed by atoms with Gasteiger partial charge in [-0.1, -0.05) is 23.7 Å². The molecule has 1 fully saturated rings. The summed E-state index contributed by atoms with van der Waals surface area (Å²) in [5, 5.41) is 0.615. The van der Waals surface area contributed by atoms with Crippen LogP contribution in [0.1, 0.15) is 19.4 Å². The molecule has 10 nitrogen and oxygen atoms in total. The van der Waals surface area contributed by atoms with E-state index in [1.807, 2.05) is 18.2 Å². The molecule has 1 saturated heterocycles. The van der Waals surface area contributed by atoms with E-state index in [9.17, 15) is 9.59 Å². The molecular formula is C23H27ClN6O4. The quantitative estimate of drug-likeness (QED) is 0.489. The standard InChI is InChI=1S/C23H27ClN6O4/c1-23(2,33-3)21(31)28-27-20-19-18(12-17(13-25-19)29-8-10-34-11-9-29)30(22(32)26-20)14-15-4-6-16(24)7-5-15/h4-7,12-13H,8-11,14H2,1-3H3,(H,28,31)(H,26,27,32). The topological polar surface area (TPSA) is 111 Å². The lowest BCUT2D eigenvalue weighted by Gasteiger charge is -2.29. The van der Waals surface area contributed by atoms with Gasteiger partial charge in [0, 0.05) is 25.2 Å². The number of nitrogens with zero attached hydrogens (tertiary/aromatic N) is 4. The second-order valence-corrected chi connectivity index (χ2v) is 8.85. The van der Waals surface area contributed by atoms with Crippen molar-refractivity contribution in [3.05, 3.63) is 57.6 Å². The number of morpholine rings is 1. The van der Waals surface area contributed by atoms with Crippen molar-refractivity contribution in [2.24, 2.45) is 0 Å². The molecule has 180 valence electrons. The van der Waals surface area contributed by atoms with Crippen molar-refractivity contribution in [1.29, 1.82) is 0 Å². The number of hydrogen-bond donors (Lipinski definition) is 2. The summed E-state index contributed by atoms with van der Waals surface area (Å²) in [7, 11) is 1.44. The summed E-state index contributed by atoms with van der Waals surface area (Å²) < 4.78 is 12.2. The van der Waals surface area contributed by atoms with Crippen LogP contribution in [0.5, 0.6) is 0 Å². The average molecular weight is 487 g/mol. The van der Waals surface area contributed by atoms with Gasteiger partial charge in [0.1, 0.15) is 11.1 Å². The smallest absolute Gasteiger partial charge is 0.350 e. The number of carbonyl (C=O) groups is 1. The molecule has 4 rings (SSSR count). The molecule has 0 spiro atoms. The van der Waals surface area contributed by atoms with Gasteiger partial charge < -0.3 is 14.4 Å². The van der Waals surface area contributed by atoms with Crippen LogP contribution in [-0.2, 0) is 20.8 Å². The van der Waals surface area contributed by atoms with Crippen molar-refractivity contribution in [3.63, 3.8) is 0 Å². The number of carbonyl (C=O) groups excluding carboxylic acids is 1. The van der Waals surface area contributed by atoms with Crippen LogP contribution in [0.15, 0.2) is 41.3 Å². The lowest BCUT2D eigenvalue weighted by Crippen LogP contribution is -2.46. The van der Waals surface area contributed by atoms with Gasteiger partial charge in [0.25, 0.3) is 5.91 Å². The zero-order valence-electron chi connectivity index (χ0n) is 19.3. The minimum atomic E-state index is -1.07. The van der Waals surface area contributed by atoms with Gasteiger partial charge in [-0.05, 0) is 37.6 Å². The lowest BCUT2D eigenvalue weighted by atomic mass is 10.1. The summed E-state index contributed by atoms with van der Waals surface area (Å²) in [6.45, 7) is 6.26. The Labute approximate surface area is 201 Å². The fourth-order valence-electron chi connectivity index (χ4n) is 3.51. The van der Waals surface area contributed by atoms with E-state index >= 15 is 0 Å². The van der Waals surface area contributed by atoms with Gasteiger partial charge in [0.05, 0.1) is 37.2 Å². The first-order valence-electron chi connectivity index (χ1n) is 10.9. The van der Waals surface area contributed by atoms with Gasteiger partial charge in [-0.2, -0.15) is 4.98 Å². The third kappa shape index (κ3) is 5.14. The fourth-order valence-corrected chi connectivity index (χ4v) is 3.63. The zero-order valence-corrected chi connectivity index (χ0v) is 20.1. The molecule has 0 atom stereocenters. The number of fused-ring (bicyclic) bond motifs is 1. The van der Waals surface area contributed by atoms with Gasteiger partial charge in [0.15, 0.2) is 5.82 Å². The normalized spacial score (nSPS) is 14.3. The summed E-state index contributed by atoms with van der Waals surface area (Å²) in [6.07, 6.45) is 1.73. The maximum Gasteiger partial charge on any atom is 0.350 e. The minimum Gasteiger partial charge on any atom is -0.378 e. The number of hydrogen-bond acceptors (Lipinski definition) is 8. The molecule has 2 aromatic heterocycles. The third-order valence-corrected chi connectivity index (χ3v) is 6.04. The maximum absolute atomic E-state index is 13.1. The van der Waals surface area contributed by atoms with Crippen molar-refractivity contribution in [1.82, 2.24) is 20.0 Å². The Balaban J connectivity index is 1.75. The number of methoxy groups -OCH3 is 1. The number of aromatic nitrogens is 3. The molecule has 1 aliphatic heterocycles. The first kappa shape index (κ1) is 23.9. The van der Waals surface area contributed by atoms with Crippen molar-refractivity contribution < 1.29 is 14.3 Å². The minimum absolute atomic E-state index is 0.154. The van der Waals surface area contributed by atoms with Crippen molar-refractivity contribution in [2.45, 2.75) is 26.0 Å². The molecule has 2 N–H and O–H groups in total. The lowest BCUT2D eigenvalue weighted by molar-refractivity contribution is -0.138. The van der Waals surface area contributed by atoms with Gasteiger partial charge in [-0.15, -0.1) is 0 Å². The highest BCUT2D eigenvalue weighted by Gasteiger charge is 2.27. The predicted molar refractivity (Wildman–Crippen MR) is 130 cm³/mol. The fraction of sp³-hybridized carbons (Fsp3) is 0.391. The van der Waals surface area contributed by atoms with Crippen molar-refractivity contribution in [3.8, 4) is 0 Å². The molecular weight excluding hydrogens is 460 g/mol. The molecule has 3 heterocycles. The number of nitrogens with one attached hydrogen (secondary N) is 2. The second kappa shape index (κ2) is 9.96. The number of pyridine rings is 1. The largest absolute Gasteiger partial charge is 0.378 e. The first-order valence-corrected chi connectivity index (χ1v) is 11.3. The highest BCUT2D eigenvalue weighted by molar-refractivity contribution is 6.30. The Bertz CT molecular complexity index is 1240. The maximum atomic E-state index is 13.1. The summed E-state index contributed by atoms with van der Waals surface area (Å²) in [5.74, 6) is -0.263. The second-order valence-electron chi connectivity index (χ2n) is 8.41. The molecule has 0 aliphatic carbocycles. The van der Waals surface area contributed by atoms with Gasteiger partial charge in [0.2, 0.25) is 0 Å².